The molecule has 1 aromatic carbocycles. The molecule has 1 fully saturated rings. The molecule has 1 atom stereocenters. The van der Waals surface area contributed by atoms with Gasteiger partial charge in [0.25, 0.3) is 0 Å². The molecule has 0 aromatic heterocycles. The third-order valence-electron chi connectivity index (χ3n) is 3.63. The van der Waals surface area contributed by atoms with Crippen LogP contribution in [0.1, 0.15) is 25.8 Å². The molecule has 1 aromatic rings. The first-order chi connectivity index (χ1) is 6.93. The Morgan fingerprint density at radius 2 is 2.07 bits per heavy atom. The Hall–Kier alpha value is -0.410. The Kier molecular flexibility index (Phi) is 2.43. The predicted octanol–water partition coefficient (Wildman–Crippen LogP) is 3.25. The molecule has 0 aliphatic heterocycles. The molecular weight excluding hydrogens is 259 g/mol. The topological polar surface area (TPSA) is 20.2 Å². The van der Waals surface area contributed by atoms with E-state index in [2.05, 4.69) is 29.8 Å². The summed E-state index contributed by atoms with van der Waals surface area (Å²) < 4.78 is 14.5. The summed E-state index contributed by atoms with van der Waals surface area (Å²) in [5, 5.41) is 9.46. The maximum absolute atomic E-state index is 13.8. The Balaban J connectivity index is 2.46. The van der Waals surface area contributed by atoms with E-state index in [1.165, 1.54) is 6.07 Å². The molecule has 15 heavy (non-hydrogen) atoms. The molecule has 0 saturated heterocycles. The van der Waals surface area contributed by atoms with Crippen molar-refractivity contribution in [2.24, 2.45) is 5.41 Å². The van der Waals surface area contributed by atoms with Crippen LogP contribution in [0.15, 0.2) is 22.7 Å². The highest BCUT2D eigenvalue weighted by Crippen LogP contribution is 2.64. The van der Waals surface area contributed by atoms with Gasteiger partial charge in [0.05, 0.1) is 6.61 Å². The second-order valence-corrected chi connectivity index (χ2v) is 5.84. The third-order valence-corrected chi connectivity index (χ3v) is 4.12. The average Bonchev–Trinajstić information content (AvgIpc) is 2.69. The van der Waals surface area contributed by atoms with Gasteiger partial charge in [0.2, 0.25) is 0 Å². The van der Waals surface area contributed by atoms with Crippen LogP contribution in [0.3, 0.4) is 0 Å². The minimum Gasteiger partial charge on any atom is -0.395 e. The molecule has 1 aliphatic rings. The van der Waals surface area contributed by atoms with E-state index in [-0.39, 0.29) is 23.3 Å². The van der Waals surface area contributed by atoms with Crippen molar-refractivity contribution in [3.63, 3.8) is 0 Å². The molecule has 1 aliphatic carbocycles. The van der Waals surface area contributed by atoms with Gasteiger partial charge in [-0.25, -0.2) is 4.39 Å². The zero-order chi connectivity index (χ0) is 11.3. The molecule has 1 N–H and O–H groups in total. The van der Waals surface area contributed by atoms with Gasteiger partial charge in [-0.2, -0.15) is 0 Å². The monoisotopic (exact) mass is 272 g/mol. The fraction of sp³-hybridized carbons (Fsp3) is 0.500. The third kappa shape index (κ3) is 1.53. The first kappa shape index (κ1) is 11.1. The summed E-state index contributed by atoms with van der Waals surface area (Å²) in [6.45, 7) is 4.13. The van der Waals surface area contributed by atoms with Crippen LogP contribution in [0.25, 0.3) is 0 Å². The number of hydrogen-bond donors (Lipinski definition) is 1. The molecule has 3 heteroatoms. The van der Waals surface area contributed by atoms with Crippen molar-refractivity contribution in [2.75, 3.05) is 6.61 Å². The van der Waals surface area contributed by atoms with Crippen molar-refractivity contribution < 1.29 is 9.50 Å². The molecule has 82 valence electrons. The molecule has 0 amide bonds. The quantitative estimate of drug-likeness (QED) is 0.877. The Morgan fingerprint density at radius 3 is 2.47 bits per heavy atom. The average molecular weight is 273 g/mol. The molecule has 1 saturated carbocycles. The lowest BCUT2D eigenvalue weighted by Crippen LogP contribution is -2.20. The number of halogens is 2. The molecule has 0 radical (unpaired) electrons. The van der Waals surface area contributed by atoms with Crippen LogP contribution in [0.4, 0.5) is 4.39 Å². The van der Waals surface area contributed by atoms with Crippen LogP contribution < -0.4 is 0 Å². The molecule has 1 unspecified atom stereocenters. The molecule has 0 heterocycles. The van der Waals surface area contributed by atoms with Gasteiger partial charge in [-0.05, 0) is 29.5 Å². The fourth-order valence-electron chi connectivity index (χ4n) is 2.40. The van der Waals surface area contributed by atoms with Crippen LogP contribution in [0.5, 0.6) is 0 Å². The smallest absolute Gasteiger partial charge is 0.128 e. The predicted molar refractivity (Wildman–Crippen MR) is 61.3 cm³/mol. The lowest BCUT2D eigenvalue weighted by Gasteiger charge is -2.19. The molecule has 1 nitrogen and oxygen atoms in total. The summed E-state index contributed by atoms with van der Waals surface area (Å²) in [4.78, 5) is 0. The van der Waals surface area contributed by atoms with Crippen LogP contribution in [0, 0.1) is 11.2 Å². The Morgan fingerprint density at radius 1 is 1.47 bits per heavy atom. The lowest BCUT2D eigenvalue weighted by atomic mass is 9.88. The number of hydrogen-bond acceptors (Lipinski definition) is 1. The van der Waals surface area contributed by atoms with Gasteiger partial charge in [0, 0.05) is 9.89 Å². The van der Waals surface area contributed by atoms with E-state index in [4.69, 9.17) is 0 Å². The maximum Gasteiger partial charge on any atom is 0.128 e. The summed E-state index contributed by atoms with van der Waals surface area (Å²) in [5.41, 5.74) is 0.256. The highest BCUT2D eigenvalue weighted by Gasteiger charge is 2.62. The summed E-state index contributed by atoms with van der Waals surface area (Å²) >= 11 is 3.23. The van der Waals surface area contributed by atoms with E-state index < -0.39 is 0 Å². The van der Waals surface area contributed by atoms with Crippen molar-refractivity contribution in [2.45, 2.75) is 25.7 Å². The van der Waals surface area contributed by atoms with Gasteiger partial charge in [-0.1, -0.05) is 35.8 Å². The van der Waals surface area contributed by atoms with E-state index in [0.29, 0.717) is 5.56 Å². The van der Waals surface area contributed by atoms with Crippen LogP contribution in [-0.2, 0) is 5.41 Å². The van der Waals surface area contributed by atoms with Crippen molar-refractivity contribution in [1.29, 1.82) is 0 Å². The first-order valence-electron chi connectivity index (χ1n) is 4.99. The maximum atomic E-state index is 13.8. The number of rotatable bonds is 2. The van der Waals surface area contributed by atoms with Gasteiger partial charge >= 0.3 is 0 Å². The van der Waals surface area contributed by atoms with E-state index in [1.807, 2.05) is 6.07 Å². The largest absolute Gasteiger partial charge is 0.395 e. The highest BCUT2D eigenvalue weighted by atomic mass is 79.9. The zero-order valence-corrected chi connectivity index (χ0v) is 10.4. The van der Waals surface area contributed by atoms with Crippen molar-refractivity contribution in [3.8, 4) is 0 Å². The highest BCUT2D eigenvalue weighted by molar-refractivity contribution is 9.10. The minimum absolute atomic E-state index is 0.00355. The molecular formula is C12H14BrFO. The van der Waals surface area contributed by atoms with Crippen LogP contribution in [-0.4, -0.2) is 11.7 Å². The van der Waals surface area contributed by atoms with Gasteiger partial charge in [-0.15, -0.1) is 0 Å². The second-order valence-electron chi connectivity index (χ2n) is 4.93. The van der Waals surface area contributed by atoms with E-state index in [9.17, 15) is 9.50 Å². The van der Waals surface area contributed by atoms with Gasteiger partial charge in [-0.3, -0.25) is 0 Å². The van der Waals surface area contributed by atoms with E-state index in [1.54, 1.807) is 6.07 Å². The van der Waals surface area contributed by atoms with Crippen LogP contribution in [0.2, 0.25) is 0 Å². The van der Waals surface area contributed by atoms with Crippen molar-refractivity contribution >= 4 is 15.9 Å². The summed E-state index contributed by atoms with van der Waals surface area (Å²) in [6.07, 6.45) is 0.842. The van der Waals surface area contributed by atoms with Crippen LogP contribution >= 0.6 is 15.9 Å². The normalized spacial score (nSPS) is 27.8. The second kappa shape index (κ2) is 3.29. The molecule has 0 spiro atoms. The van der Waals surface area contributed by atoms with Gasteiger partial charge < -0.3 is 5.11 Å². The van der Waals surface area contributed by atoms with Gasteiger partial charge in [0.15, 0.2) is 0 Å². The van der Waals surface area contributed by atoms with Crippen molar-refractivity contribution in [1.82, 2.24) is 0 Å². The summed E-state index contributed by atoms with van der Waals surface area (Å²) in [6, 6.07) is 5.05. The first-order valence-corrected chi connectivity index (χ1v) is 5.79. The van der Waals surface area contributed by atoms with Gasteiger partial charge in [0.1, 0.15) is 5.82 Å². The summed E-state index contributed by atoms with van der Waals surface area (Å²) in [7, 11) is 0. The summed E-state index contributed by atoms with van der Waals surface area (Å²) in [5.74, 6) is -0.232. The molecule has 2 rings (SSSR count). The van der Waals surface area contributed by atoms with E-state index >= 15 is 0 Å². The Labute approximate surface area is 97.4 Å². The number of aliphatic hydroxyl groups is 1. The lowest BCUT2D eigenvalue weighted by molar-refractivity contribution is 0.228. The molecule has 0 bridgehead atoms. The SMILES string of the molecule is CC1(C)CC1(CO)c1ccc(Br)cc1F. The fourth-order valence-corrected chi connectivity index (χ4v) is 2.74. The minimum atomic E-state index is -0.377. The number of aliphatic hydroxyl groups excluding tert-OH is 1. The zero-order valence-electron chi connectivity index (χ0n) is 8.85. The van der Waals surface area contributed by atoms with E-state index in [0.717, 1.165) is 10.9 Å². The standard InChI is InChI=1S/C12H14BrFO/c1-11(2)6-12(11,7-15)9-4-3-8(13)5-10(9)14/h3-5,15H,6-7H2,1-2H3. The Bertz CT molecular complexity index is 403. The number of benzene rings is 1. The van der Waals surface area contributed by atoms with Crippen molar-refractivity contribution in [3.05, 3.63) is 34.1 Å².